The van der Waals surface area contributed by atoms with Crippen LogP contribution in [0.2, 0.25) is 0 Å². The zero-order valence-corrected chi connectivity index (χ0v) is 18.3. The molecule has 0 aliphatic carbocycles. The Morgan fingerprint density at radius 2 is 1.68 bits per heavy atom. The molecule has 0 bridgehead atoms. The minimum absolute atomic E-state index is 0.0446. The van der Waals surface area contributed by atoms with E-state index in [1.54, 1.807) is 30.3 Å². The number of aryl methyl sites for hydroxylation is 1. The van der Waals surface area contributed by atoms with E-state index in [0.717, 1.165) is 5.56 Å². The number of sulfonamides is 1. The van der Waals surface area contributed by atoms with Crippen molar-refractivity contribution in [1.82, 2.24) is 9.62 Å². The summed E-state index contributed by atoms with van der Waals surface area (Å²) in [7, 11) is -3.60. The summed E-state index contributed by atoms with van der Waals surface area (Å²) < 4.78 is 40.6. The lowest BCUT2D eigenvalue weighted by atomic mass is 9.97. The highest BCUT2D eigenvalue weighted by molar-refractivity contribution is 7.89. The van der Waals surface area contributed by atoms with E-state index in [2.05, 4.69) is 10.6 Å². The molecule has 9 heteroatoms. The molecule has 0 saturated carbocycles. The zero-order chi connectivity index (χ0) is 22.6. The largest absolute Gasteiger partial charge is 0.344 e. The van der Waals surface area contributed by atoms with Crippen molar-refractivity contribution >= 4 is 27.5 Å². The smallest absolute Gasteiger partial charge is 0.246 e. The molecule has 2 amide bonds. The summed E-state index contributed by atoms with van der Waals surface area (Å²) in [5.41, 5.74) is 1.02. The van der Waals surface area contributed by atoms with Crippen molar-refractivity contribution in [2.24, 2.45) is 5.92 Å². The van der Waals surface area contributed by atoms with Gasteiger partial charge in [0, 0.05) is 19.0 Å². The average molecular weight is 448 g/mol. The van der Waals surface area contributed by atoms with Gasteiger partial charge in [-0.25, -0.2) is 12.8 Å². The van der Waals surface area contributed by atoms with Crippen LogP contribution in [-0.2, 0) is 19.6 Å². The number of hydrogen-bond donors (Lipinski definition) is 2. The second kappa shape index (κ2) is 9.57. The van der Waals surface area contributed by atoms with E-state index in [1.165, 1.54) is 29.4 Å². The lowest BCUT2D eigenvalue weighted by molar-refractivity contribution is -0.129. The van der Waals surface area contributed by atoms with Gasteiger partial charge >= 0.3 is 0 Å². The lowest BCUT2D eigenvalue weighted by Gasteiger charge is -2.31. The molecular weight excluding hydrogens is 421 g/mol. The monoisotopic (exact) mass is 447 g/mol. The zero-order valence-electron chi connectivity index (χ0n) is 17.5. The van der Waals surface area contributed by atoms with E-state index in [4.69, 9.17) is 0 Å². The predicted molar refractivity (Wildman–Crippen MR) is 115 cm³/mol. The maximum Gasteiger partial charge on any atom is 0.246 e. The van der Waals surface area contributed by atoms with Crippen LogP contribution in [0.3, 0.4) is 0 Å². The number of anilines is 1. The van der Waals surface area contributed by atoms with Crippen LogP contribution in [0.4, 0.5) is 10.1 Å². The number of nitrogens with one attached hydrogen (secondary N) is 2. The van der Waals surface area contributed by atoms with E-state index >= 15 is 0 Å². The van der Waals surface area contributed by atoms with Crippen molar-refractivity contribution in [2.75, 3.05) is 18.4 Å². The molecule has 1 heterocycles. The highest BCUT2D eigenvalue weighted by Gasteiger charge is 2.33. The number of carbonyl (C=O) groups is 2. The second-order valence-corrected chi connectivity index (χ2v) is 9.63. The second-order valence-electron chi connectivity index (χ2n) is 7.69. The first kappa shape index (κ1) is 22.9. The number of benzene rings is 2. The Labute approximate surface area is 181 Å². The van der Waals surface area contributed by atoms with Gasteiger partial charge in [0.25, 0.3) is 0 Å². The van der Waals surface area contributed by atoms with E-state index in [1.807, 2.05) is 6.92 Å². The number of amides is 2. The van der Waals surface area contributed by atoms with Crippen molar-refractivity contribution in [3.05, 3.63) is 59.9 Å². The van der Waals surface area contributed by atoms with E-state index in [0.29, 0.717) is 12.8 Å². The summed E-state index contributed by atoms with van der Waals surface area (Å²) in [6, 6.07) is 11.6. The van der Waals surface area contributed by atoms with Crippen LogP contribution in [0.1, 0.15) is 25.3 Å². The molecule has 0 radical (unpaired) electrons. The van der Waals surface area contributed by atoms with Crippen molar-refractivity contribution < 1.29 is 22.4 Å². The van der Waals surface area contributed by atoms with Crippen LogP contribution in [0, 0.1) is 18.7 Å². The Hall–Kier alpha value is -2.78. The van der Waals surface area contributed by atoms with Crippen LogP contribution in [0.5, 0.6) is 0 Å². The highest BCUT2D eigenvalue weighted by Crippen LogP contribution is 2.24. The van der Waals surface area contributed by atoms with Crippen molar-refractivity contribution in [3.8, 4) is 0 Å². The Morgan fingerprint density at radius 3 is 2.29 bits per heavy atom. The lowest BCUT2D eigenvalue weighted by Crippen LogP contribution is -2.47. The first-order valence-electron chi connectivity index (χ1n) is 10.1. The van der Waals surface area contributed by atoms with Crippen LogP contribution in [-0.4, -0.2) is 43.7 Å². The average Bonchev–Trinajstić information content (AvgIpc) is 2.75. The van der Waals surface area contributed by atoms with Gasteiger partial charge in [0.2, 0.25) is 21.8 Å². The van der Waals surface area contributed by atoms with Gasteiger partial charge in [-0.1, -0.05) is 29.8 Å². The first-order valence-corrected chi connectivity index (χ1v) is 11.5. The maximum absolute atomic E-state index is 13.7. The molecule has 3 rings (SSSR count). The van der Waals surface area contributed by atoms with Crippen molar-refractivity contribution in [3.63, 3.8) is 0 Å². The number of carbonyl (C=O) groups excluding carboxylic acids is 2. The summed E-state index contributed by atoms with van der Waals surface area (Å²) >= 11 is 0. The molecule has 0 aromatic heterocycles. The van der Waals surface area contributed by atoms with Gasteiger partial charge in [-0.15, -0.1) is 0 Å². The van der Waals surface area contributed by atoms with Gasteiger partial charge in [-0.3, -0.25) is 9.59 Å². The quantitative estimate of drug-likeness (QED) is 0.712. The fourth-order valence-corrected chi connectivity index (χ4v) is 4.89. The van der Waals surface area contributed by atoms with Gasteiger partial charge in [0.05, 0.1) is 10.6 Å². The first-order chi connectivity index (χ1) is 14.7. The molecule has 31 heavy (non-hydrogen) atoms. The molecule has 1 saturated heterocycles. The third-order valence-corrected chi connectivity index (χ3v) is 7.28. The maximum atomic E-state index is 13.7. The third kappa shape index (κ3) is 5.48. The SMILES string of the molecule is Cc1ccc(S(=O)(=O)N2CCC(C(=O)N[C@@H](C)C(=O)Nc3ccccc3F)CC2)cc1. The van der Waals surface area contributed by atoms with E-state index < -0.39 is 33.7 Å². The summed E-state index contributed by atoms with van der Waals surface area (Å²) in [5.74, 6) is -1.80. The van der Waals surface area contributed by atoms with Gasteiger partial charge in [0.1, 0.15) is 11.9 Å². The standard InChI is InChI=1S/C22H26FN3O4S/c1-15-7-9-18(10-8-15)31(29,30)26-13-11-17(12-14-26)22(28)24-16(2)21(27)25-20-6-4-3-5-19(20)23/h3-10,16-17H,11-14H2,1-2H3,(H,24,28)(H,25,27)/t16-/m0/s1. The normalized spacial score (nSPS) is 16.5. The third-order valence-electron chi connectivity index (χ3n) is 5.37. The number of rotatable bonds is 6. The van der Waals surface area contributed by atoms with Crippen LogP contribution in [0.15, 0.2) is 53.4 Å². The molecule has 2 aromatic carbocycles. The molecular formula is C22H26FN3O4S. The Bertz CT molecular complexity index is 1050. The summed E-state index contributed by atoms with van der Waals surface area (Å²) in [4.78, 5) is 25.1. The fraction of sp³-hybridized carbons (Fsp3) is 0.364. The molecule has 1 aliphatic rings. The molecule has 2 N–H and O–H groups in total. The van der Waals surface area contributed by atoms with Crippen LogP contribution < -0.4 is 10.6 Å². The van der Waals surface area contributed by atoms with E-state index in [-0.39, 0.29) is 29.6 Å². The van der Waals surface area contributed by atoms with E-state index in [9.17, 15) is 22.4 Å². The van der Waals surface area contributed by atoms with Crippen LogP contribution >= 0.6 is 0 Å². The summed E-state index contributed by atoms with van der Waals surface area (Å²) in [6.07, 6.45) is 0.719. The molecule has 166 valence electrons. The molecule has 1 atom stereocenters. The number of nitrogens with zero attached hydrogens (tertiary/aromatic N) is 1. The number of hydrogen-bond acceptors (Lipinski definition) is 4. The molecule has 7 nitrogen and oxygen atoms in total. The minimum Gasteiger partial charge on any atom is -0.344 e. The molecule has 1 aliphatic heterocycles. The summed E-state index contributed by atoms with van der Waals surface area (Å²) in [5, 5.41) is 5.09. The van der Waals surface area contributed by atoms with Gasteiger partial charge in [-0.05, 0) is 51.0 Å². The summed E-state index contributed by atoms with van der Waals surface area (Å²) in [6.45, 7) is 3.86. The highest BCUT2D eigenvalue weighted by atomic mass is 32.2. The Kier molecular flexibility index (Phi) is 7.07. The number of halogens is 1. The van der Waals surface area contributed by atoms with Crippen LogP contribution in [0.25, 0.3) is 0 Å². The van der Waals surface area contributed by atoms with Gasteiger partial charge in [0.15, 0.2) is 0 Å². The fourth-order valence-electron chi connectivity index (χ4n) is 3.42. The minimum atomic E-state index is -3.60. The van der Waals surface area contributed by atoms with Gasteiger partial charge in [-0.2, -0.15) is 4.31 Å². The number of piperidine rings is 1. The molecule has 0 unspecified atom stereocenters. The van der Waals surface area contributed by atoms with Gasteiger partial charge < -0.3 is 10.6 Å². The predicted octanol–water partition coefficient (Wildman–Crippen LogP) is 2.68. The molecule has 2 aromatic rings. The van der Waals surface area contributed by atoms with Crippen molar-refractivity contribution in [1.29, 1.82) is 0 Å². The number of para-hydroxylation sites is 1. The Morgan fingerprint density at radius 1 is 1.06 bits per heavy atom. The Balaban J connectivity index is 1.53. The molecule has 0 spiro atoms. The topological polar surface area (TPSA) is 95.6 Å². The van der Waals surface area contributed by atoms with Crippen molar-refractivity contribution in [2.45, 2.75) is 37.6 Å². The molecule has 1 fully saturated rings.